The number of nitrogens with zero attached hydrogens (tertiary/aromatic N) is 1. The number of aryl methyl sites for hydroxylation is 1. The van der Waals surface area contributed by atoms with E-state index < -0.39 is 12.0 Å². The molecular weight excluding hydrogens is 384 g/mol. The van der Waals surface area contributed by atoms with Crippen molar-refractivity contribution in [3.63, 3.8) is 0 Å². The van der Waals surface area contributed by atoms with Crippen LogP contribution in [0.15, 0.2) is 22.8 Å². The average Bonchev–Trinajstić information content (AvgIpc) is 3.39. The van der Waals surface area contributed by atoms with E-state index in [-0.39, 0.29) is 23.1 Å². The van der Waals surface area contributed by atoms with E-state index in [4.69, 9.17) is 9.15 Å². The van der Waals surface area contributed by atoms with E-state index in [0.717, 1.165) is 25.7 Å². The SMILES string of the molecule is COC(=O)c1[nH]c(C)c(C(=O)C(C)N(CC2CCCCC2)C(=O)c2ccco2)c1C. The normalized spacial score (nSPS) is 15.6. The fourth-order valence-corrected chi connectivity index (χ4v) is 4.38. The highest BCUT2D eigenvalue weighted by Gasteiger charge is 2.34. The molecule has 1 atom stereocenters. The van der Waals surface area contributed by atoms with Crippen molar-refractivity contribution in [2.24, 2.45) is 5.92 Å². The molecule has 2 heterocycles. The Morgan fingerprint density at radius 1 is 1.23 bits per heavy atom. The van der Waals surface area contributed by atoms with Gasteiger partial charge in [0.2, 0.25) is 0 Å². The van der Waals surface area contributed by atoms with Gasteiger partial charge in [0.05, 0.1) is 19.4 Å². The molecule has 162 valence electrons. The Bertz CT molecular complexity index is 906. The lowest BCUT2D eigenvalue weighted by molar-refractivity contribution is 0.0554. The van der Waals surface area contributed by atoms with Crippen LogP contribution in [-0.4, -0.2) is 47.2 Å². The Hall–Kier alpha value is -2.83. The van der Waals surface area contributed by atoms with Crippen LogP contribution in [-0.2, 0) is 4.74 Å². The van der Waals surface area contributed by atoms with E-state index in [1.54, 1.807) is 37.8 Å². The van der Waals surface area contributed by atoms with Crippen molar-refractivity contribution < 1.29 is 23.5 Å². The van der Waals surface area contributed by atoms with Gasteiger partial charge in [-0.15, -0.1) is 0 Å². The molecule has 7 heteroatoms. The van der Waals surface area contributed by atoms with Gasteiger partial charge < -0.3 is 19.0 Å². The number of hydrogen-bond acceptors (Lipinski definition) is 5. The molecule has 1 unspecified atom stereocenters. The number of hydrogen-bond donors (Lipinski definition) is 1. The first-order valence-corrected chi connectivity index (χ1v) is 10.5. The summed E-state index contributed by atoms with van der Waals surface area (Å²) in [6.07, 6.45) is 7.08. The van der Waals surface area contributed by atoms with Crippen molar-refractivity contribution in [2.45, 2.75) is 58.9 Å². The van der Waals surface area contributed by atoms with Crippen LogP contribution >= 0.6 is 0 Å². The standard InChI is InChI=1S/C23H30N2O5/c1-14-19(15(2)24-20(14)23(28)29-4)21(26)16(3)25(13-17-9-6-5-7-10-17)22(27)18-11-8-12-30-18/h8,11-12,16-17,24H,5-7,9-10,13H2,1-4H3. The van der Waals surface area contributed by atoms with Gasteiger partial charge >= 0.3 is 5.97 Å². The smallest absolute Gasteiger partial charge is 0.354 e. The number of carbonyl (C=O) groups is 3. The molecule has 1 fully saturated rings. The Kier molecular flexibility index (Phi) is 6.80. The Morgan fingerprint density at radius 2 is 1.93 bits per heavy atom. The zero-order valence-electron chi connectivity index (χ0n) is 18.1. The number of esters is 1. The van der Waals surface area contributed by atoms with E-state index in [1.807, 2.05) is 0 Å². The molecule has 1 amide bonds. The Balaban J connectivity index is 1.91. The molecule has 0 aromatic carbocycles. The summed E-state index contributed by atoms with van der Waals surface area (Å²) in [5, 5.41) is 0. The van der Waals surface area contributed by atoms with Crippen LogP contribution in [0.1, 0.15) is 81.7 Å². The summed E-state index contributed by atoms with van der Waals surface area (Å²) in [4.78, 5) is 43.3. The molecule has 0 aliphatic heterocycles. The van der Waals surface area contributed by atoms with Gasteiger partial charge in [0.25, 0.3) is 5.91 Å². The van der Waals surface area contributed by atoms with Crippen LogP contribution in [0.5, 0.6) is 0 Å². The molecule has 7 nitrogen and oxygen atoms in total. The van der Waals surface area contributed by atoms with Gasteiger partial charge in [-0.25, -0.2) is 4.79 Å². The van der Waals surface area contributed by atoms with E-state index in [2.05, 4.69) is 4.98 Å². The number of Topliss-reactive ketones (excluding diaryl/α,β-unsaturated/α-hetero) is 1. The third-order valence-electron chi connectivity index (χ3n) is 6.09. The number of methoxy groups -OCH3 is 1. The number of furan rings is 1. The molecule has 1 aliphatic rings. The second-order valence-corrected chi connectivity index (χ2v) is 8.10. The number of ether oxygens (including phenoxy) is 1. The predicted molar refractivity (Wildman–Crippen MR) is 112 cm³/mol. The molecule has 2 aromatic heterocycles. The highest BCUT2D eigenvalue weighted by molar-refractivity contribution is 6.07. The molecule has 1 N–H and O–H groups in total. The second kappa shape index (κ2) is 9.32. The largest absolute Gasteiger partial charge is 0.464 e. The molecule has 1 saturated carbocycles. The van der Waals surface area contributed by atoms with Gasteiger partial charge in [-0.2, -0.15) is 0 Å². The fraction of sp³-hybridized carbons (Fsp3) is 0.522. The first-order valence-electron chi connectivity index (χ1n) is 10.5. The van der Waals surface area contributed by atoms with Gasteiger partial charge in [0, 0.05) is 17.8 Å². The van der Waals surface area contributed by atoms with Crippen LogP contribution in [0.3, 0.4) is 0 Å². The number of rotatable bonds is 7. The highest BCUT2D eigenvalue weighted by atomic mass is 16.5. The van der Waals surface area contributed by atoms with Crippen LogP contribution < -0.4 is 0 Å². The fourth-order valence-electron chi connectivity index (χ4n) is 4.38. The summed E-state index contributed by atoms with van der Waals surface area (Å²) in [5.74, 6) is -0.416. The molecular formula is C23H30N2O5. The zero-order chi connectivity index (χ0) is 21.8. The number of aromatic nitrogens is 1. The van der Waals surface area contributed by atoms with Gasteiger partial charge in [-0.1, -0.05) is 19.3 Å². The summed E-state index contributed by atoms with van der Waals surface area (Å²) in [6.45, 7) is 5.73. The van der Waals surface area contributed by atoms with Gasteiger partial charge in [-0.3, -0.25) is 9.59 Å². The van der Waals surface area contributed by atoms with Crippen molar-refractivity contribution in [1.82, 2.24) is 9.88 Å². The van der Waals surface area contributed by atoms with Crippen molar-refractivity contribution in [3.8, 4) is 0 Å². The van der Waals surface area contributed by atoms with Crippen molar-refractivity contribution >= 4 is 17.7 Å². The quantitative estimate of drug-likeness (QED) is 0.538. The zero-order valence-corrected chi connectivity index (χ0v) is 18.1. The molecule has 30 heavy (non-hydrogen) atoms. The maximum Gasteiger partial charge on any atom is 0.354 e. The maximum absolute atomic E-state index is 13.5. The number of ketones is 1. The van der Waals surface area contributed by atoms with Gasteiger partial charge in [0.15, 0.2) is 11.5 Å². The Labute approximate surface area is 176 Å². The first kappa shape index (κ1) is 21.9. The van der Waals surface area contributed by atoms with Gasteiger partial charge in [0.1, 0.15) is 5.69 Å². The van der Waals surface area contributed by atoms with Crippen LogP contribution in [0.4, 0.5) is 0 Å². The molecule has 0 bridgehead atoms. The topological polar surface area (TPSA) is 92.6 Å². The third-order valence-corrected chi connectivity index (χ3v) is 6.09. The summed E-state index contributed by atoms with van der Waals surface area (Å²) in [5.41, 5.74) is 1.83. The van der Waals surface area contributed by atoms with Crippen LogP contribution in [0, 0.1) is 19.8 Å². The molecule has 0 spiro atoms. The highest BCUT2D eigenvalue weighted by Crippen LogP contribution is 2.28. The molecule has 3 rings (SSSR count). The van der Waals surface area contributed by atoms with E-state index >= 15 is 0 Å². The summed E-state index contributed by atoms with van der Waals surface area (Å²) in [7, 11) is 1.30. The number of nitrogens with one attached hydrogen (secondary N) is 1. The lowest BCUT2D eigenvalue weighted by Gasteiger charge is -2.33. The molecule has 2 aromatic rings. The number of aromatic amines is 1. The molecule has 1 aliphatic carbocycles. The summed E-state index contributed by atoms with van der Waals surface area (Å²) < 4.78 is 10.1. The van der Waals surface area contributed by atoms with Crippen molar-refractivity contribution in [1.29, 1.82) is 0 Å². The van der Waals surface area contributed by atoms with Crippen LogP contribution in [0.2, 0.25) is 0 Å². The lowest BCUT2D eigenvalue weighted by atomic mass is 9.88. The van der Waals surface area contributed by atoms with E-state index in [9.17, 15) is 14.4 Å². The number of H-pyrrole nitrogens is 1. The lowest BCUT2D eigenvalue weighted by Crippen LogP contribution is -2.46. The third kappa shape index (κ3) is 4.35. The Morgan fingerprint density at radius 3 is 2.53 bits per heavy atom. The minimum atomic E-state index is -0.691. The van der Waals surface area contributed by atoms with E-state index in [0.29, 0.717) is 29.3 Å². The predicted octanol–water partition coefficient (Wildman–Crippen LogP) is 4.31. The van der Waals surface area contributed by atoms with Crippen molar-refractivity contribution in [2.75, 3.05) is 13.7 Å². The minimum absolute atomic E-state index is 0.202. The number of carbonyl (C=O) groups excluding carboxylic acids is 3. The minimum Gasteiger partial charge on any atom is -0.464 e. The van der Waals surface area contributed by atoms with Gasteiger partial charge in [-0.05, 0) is 57.2 Å². The molecule has 0 radical (unpaired) electrons. The maximum atomic E-state index is 13.5. The molecule has 0 saturated heterocycles. The van der Waals surface area contributed by atoms with Crippen LogP contribution in [0.25, 0.3) is 0 Å². The first-order chi connectivity index (χ1) is 14.3. The average molecular weight is 415 g/mol. The second-order valence-electron chi connectivity index (χ2n) is 8.10. The summed E-state index contributed by atoms with van der Waals surface area (Å²) in [6, 6.07) is 2.60. The monoisotopic (exact) mass is 414 g/mol. The van der Waals surface area contributed by atoms with Crippen molar-refractivity contribution in [3.05, 3.63) is 46.7 Å². The van der Waals surface area contributed by atoms with E-state index in [1.165, 1.54) is 19.8 Å². The number of amides is 1. The summed E-state index contributed by atoms with van der Waals surface area (Å²) >= 11 is 0.